The number of ether oxygens (including phenoxy) is 1. The van der Waals surface area contributed by atoms with Crippen LogP contribution in [0.5, 0.6) is 0 Å². The topological polar surface area (TPSA) is 51.2 Å². The van der Waals surface area contributed by atoms with E-state index in [0.29, 0.717) is 11.3 Å². The highest BCUT2D eigenvalue weighted by molar-refractivity contribution is 6.32. The molecule has 1 heterocycles. The molecule has 0 fully saturated rings. The number of pyridine rings is 1. The zero-order valence-electron chi connectivity index (χ0n) is 10.1. The Morgan fingerprint density at radius 2 is 2.21 bits per heavy atom. The van der Waals surface area contributed by atoms with Gasteiger partial charge in [0.25, 0.3) is 0 Å². The van der Waals surface area contributed by atoms with Crippen LogP contribution in [0, 0.1) is 6.92 Å². The number of carbonyl (C=O) groups is 1. The first-order valence-electron chi connectivity index (χ1n) is 5.35. The molecule has 1 amide bonds. The van der Waals surface area contributed by atoms with E-state index in [1.807, 2.05) is 0 Å². The maximum Gasteiger partial charge on any atom is 0.411 e. The number of carbonyl (C=O) groups excluding carboxylic acids is 1. The Morgan fingerprint density at radius 3 is 2.79 bits per heavy atom. The lowest BCUT2D eigenvalue weighted by Gasteiger charge is -2.10. The number of hydrogen-bond acceptors (Lipinski definition) is 3. The summed E-state index contributed by atoms with van der Waals surface area (Å²) in [6.07, 6.45) is -3.10. The van der Waals surface area contributed by atoms with Gasteiger partial charge in [-0.15, -0.1) is 0 Å². The summed E-state index contributed by atoms with van der Waals surface area (Å²) in [5, 5.41) is 2.61. The molecule has 0 aliphatic carbocycles. The molecule has 0 aliphatic heterocycles. The van der Waals surface area contributed by atoms with Crippen molar-refractivity contribution in [3.05, 3.63) is 23.0 Å². The van der Waals surface area contributed by atoms with Crippen molar-refractivity contribution in [2.75, 3.05) is 18.5 Å². The number of anilines is 1. The minimum absolute atomic E-state index is 0.129. The van der Waals surface area contributed by atoms with Crippen molar-refractivity contribution in [2.24, 2.45) is 0 Å². The Kier molecular flexibility index (Phi) is 5.56. The Morgan fingerprint density at radius 1 is 1.53 bits per heavy atom. The van der Waals surface area contributed by atoms with Crippen LogP contribution in [0.1, 0.15) is 12.0 Å². The van der Waals surface area contributed by atoms with Crippen LogP contribution in [0.3, 0.4) is 0 Å². The first-order valence-corrected chi connectivity index (χ1v) is 5.73. The van der Waals surface area contributed by atoms with Crippen molar-refractivity contribution in [1.29, 1.82) is 0 Å². The van der Waals surface area contributed by atoms with E-state index in [-0.39, 0.29) is 18.2 Å². The first-order chi connectivity index (χ1) is 8.79. The van der Waals surface area contributed by atoms with Gasteiger partial charge in [-0.05, 0) is 18.6 Å². The standard InChI is InChI=1S/C11H12ClF3N2O2/c1-7-2-4-16-10(12)9(7)17-8(18)3-5-19-6-11(13,14)15/h2,4H,3,5-6H2,1H3,(H,17,18). The van der Waals surface area contributed by atoms with Crippen LogP contribution >= 0.6 is 11.6 Å². The molecule has 0 saturated carbocycles. The summed E-state index contributed by atoms with van der Waals surface area (Å²) in [5.74, 6) is -0.486. The molecule has 19 heavy (non-hydrogen) atoms. The van der Waals surface area contributed by atoms with Crippen LogP contribution in [0.15, 0.2) is 12.3 Å². The fraction of sp³-hybridized carbons (Fsp3) is 0.455. The average Bonchev–Trinajstić information content (AvgIpc) is 2.28. The lowest BCUT2D eigenvalue weighted by molar-refractivity contribution is -0.174. The highest BCUT2D eigenvalue weighted by Crippen LogP contribution is 2.22. The molecule has 0 radical (unpaired) electrons. The van der Waals surface area contributed by atoms with E-state index in [0.717, 1.165) is 0 Å². The number of amides is 1. The number of halogens is 4. The highest BCUT2D eigenvalue weighted by atomic mass is 35.5. The summed E-state index contributed by atoms with van der Waals surface area (Å²) in [6.45, 7) is 0.0402. The van der Waals surface area contributed by atoms with Crippen molar-refractivity contribution in [1.82, 2.24) is 4.98 Å². The van der Waals surface area contributed by atoms with Crippen molar-refractivity contribution < 1.29 is 22.7 Å². The van der Waals surface area contributed by atoms with Gasteiger partial charge in [-0.1, -0.05) is 11.6 Å². The van der Waals surface area contributed by atoms with Gasteiger partial charge < -0.3 is 10.1 Å². The molecule has 0 aliphatic rings. The quantitative estimate of drug-likeness (QED) is 0.671. The number of aryl methyl sites for hydroxylation is 1. The fourth-order valence-corrected chi connectivity index (χ4v) is 1.48. The predicted octanol–water partition coefficient (Wildman–Crippen LogP) is 2.95. The Balaban J connectivity index is 2.40. The van der Waals surface area contributed by atoms with Crippen molar-refractivity contribution in [3.8, 4) is 0 Å². The van der Waals surface area contributed by atoms with Crippen LogP contribution in [-0.4, -0.2) is 30.3 Å². The zero-order valence-corrected chi connectivity index (χ0v) is 10.8. The Bertz CT molecular complexity index is 432. The van der Waals surface area contributed by atoms with E-state index in [2.05, 4.69) is 15.0 Å². The molecule has 4 nitrogen and oxygen atoms in total. The van der Waals surface area contributed by atoms with Crippen LogP contribution in [-0.2, 0) is 9.53 Å². The fourth-order valence-electron chi connectivity index (χ4n) is 1.23. The van der Waals surface area contributed by atoms with Gasteiger partial charge in [-0.25, -0.2) is 4.98 Å². The van der Waals surface area contributed by atoms with Gasteiger partial charge in [0.15, 0.2) is 5.15 Å². The molecule has 0 aromatic carbocycles. The number of nitrogens with zero attached hydrogens (tertiary/aromatic N) is 1. The third-order valence-corrected chi connectivity index (χ3v) is 2.40. The molecule has 0 unspecified atom stereocenters. The molecule has 1 aromatic heterocycles. The molecule has 0 atom stereocenters. The normalized spacial score (nSPS) is 11.4. The van der Waals surface area contributed by atoms with Gasteiger partial charge in [-0.3, -0.25) is 4.79 Å². The number of aromatic nitrogens is 1. The van der Waals surface area contributed by atoms with E-state index < -0.39 is 18.7 Å². The SMILES string of the molecule is Cc1ccnc(Cl)c1NC(=O)CCOCC(F)(F)F. The summed E-state index contributed by atoms with van der Waals surface area (Å²) in [7, 11) is 0. The van der Waals surface area contributed by atoms with Crippen LogP contribution < -0.4 is 5.32 Å². The molecule has 0 bridgehead atoms. The number of nitrogens with one attached hydrogen (secondary N) is 1. The first kappa shape index (κ1) is 15.7. The lowest BCUT2D eigenvalue weighted by Crippen LogP contribution is -2.20. The van der Waals surface area contributed by atoms with Crippen molar-refractivity contribution >= 4 is 23.2 Å². The maximum atomic E-state index is 11.8. The summed E-state index contributed by atoms with van der Waals surface area (Å²) in [5.41, 5.74) is 1.06. The second kappa shape index (κ2) is 6.72. The van der Waals surface area contributed by atoms with Crippen molar-refractivity contribution in [3.63, 3.8) is 0 Å². The van der Waals surface area contributed by atoms with E-state index in [9.17, 15) is 18.0 Å². The Hall–Kier alpha value is -1.34. The van der Waals surface area contributed by atoms with Crippen LogP contribution in [0.2, 0.25) is 5.15 Å². The Labute approximate surface area is 112 Å². The van der Waals surface area contributed by atoms with Gasteiger partial charge in [-0.2, -0.15) is 13.2 Å². The highest BCUT2D eigenvalue weighted by Gasteiger charge is 2.27. The van der Waals surface area contributed by atoms with E-state index in [4.69, 9.17) is 11.6 Å². The molecule has 1 aromatic rings. The molecule has 8 heteroatoms. The molecule has 0 spiro atoms. The largest absolute Gasteiger partial charge is 0.411 e. The summed E-state index contributed by atoms with van der Waals surface area (Å²) >= 11 is 5.79. The number of rotatable bonds is 5. The molecule has 1 N–H and O–H groups in total. The average molecular weight is 297 g/mol. The second-order valence-electron chi connectivity index (χ2n) is 3.76. The van der Waals surface area contributed by atoms with E-state index in [1.54, 1.807) is 13.0 Å². The van der Waals surface area contributed by atoms with Gasteiger partial charge in [0.2, 0.25) is 5.91 Å². The van der Waals surface area contributed by atoms with Gasteiger partial charge >= 0.3 is 6.18 Å². The molecule has 106 valence electrons. The molecule has 0 saturated heterocycles. The predicted molar refractivity (Wildman–Crippen MR) is 64.1 cm³/mol. The summed E-state index contributed by atoms with van der Waals surface area (Å²) in [4.78, 5) is 15.3. The molecular formula is C11H12ClF3N2O2. The van der Waals surface area contributed by atoms with Gasteiger partial charge in [0.05, 0.1) is 18.7 Å². The summed E-state index contributed by atoms with van der Waals surface area (Å²) in [6, 6.07) is 1.65. The lowest BCUT2D eigenvalue weighted by atomic mass is 10.2. The number of hydrogen-bond donors (Lipinski definition) is 1. The van der Waals surface area contributed by atoms with Gasteiger partial charge in [0, 0.05) is 6.20 Å². The summed E-state index contributed by atoms with van der Waals surface area (Å²) < 4.78 is 39.7. The smallest absolute Gasteiger partial charge is 0.372 e. The molecular weight excluding hydrogens is 285 g/mol. The third-order valence-electron chi connectivity index (χ3n) is 2.12. The van der Waals surface area contributed by atoms with Crippen LogP contribution in [0.25, 0.3) is 0 Å². The minimum atomic E-state index is -4.39. The second-order valence-corrected chi connectivity index (χ2v) is 4.12. The number of alkyl halides is 3. The maximum absolute atomic E-state index is 11.8. The van der Waals surface area contributed by atoms with Crippen molar-refractivity contribution in [2.45, 2.75) is 19.5 Å². The monoisotopic (exact) mass is 296 g/mol. The van der Waals surface area contributed by atoms with E-state index in [1.165, 1.54) is 6.20 Å². The van der Waals surface area contributed by atoms with Gasteiger partial charge in [0.1, 0.15) is 6.61 Å². The van der Waals surface area contributed by atoms with E-state index >= 15 is 0 Å². The minimum Gasteiger partial charge on any atom is -0.372 e. The molecule has 1 rings (SSSR count). The van der Waals surface area contributed by atoms with Crippen LogP contribution in [0.4, 0.5) is 18.9 Å². The zero-order chi connectivity index (χ0) is 14.5. The third kappa shape index (κ3) is 5.89.